The van der Waals surface area contributed by atoms with Gasteiger partial charge in [-0.05, 0) is 38.3 Å². The topological polar surface area (TPSA) is 51.3 Å². The van der Waals surface area contributed by atoms with Crippen molar-refractivity contribution in [1.82, 2.24) is 9.47 Å². The van der Waals surface area contributed by atoms with Crippen LogP contribution in [0.4, 0.5) is 0 Å². The van der Waals surface area contributed by atoms with E-state index in [2.05, 4.69) is 0 Å². The predicted molar refractivity (Wildman–Crippen MR) is 67.8 cm³/mol. The highest BCUT2D eigenvalue weighted by atomic mass is 16.2. The summed E-state index contributed by atoms with van der Waals surface area (Å²) in [5, 5.41) is 0. The molecule has 0 radical (unpaired) electrons. The van der Waals surface area contributed by atoms with Crippen molar-refractivity contribution in [1.29, 1.82) is 0 Å². The Labute approximate surface area is 102 Å². The molecule has 0 saturated carbocycles. The molecule has 1 aliphatic heterocycles. The van der Waals surface area contributed by atoms with Crippen LogP contribution in [0.3, 0.4) is 0 Å². The summed E-state index contributed by atoms with van der Waals surface area (Å²) in [4.78, 5) is 14.2. The van der Waals surface area contributed by atoms with Crippen molar-refractivity contribution in [2.45, 2.75) is 26.3 Å². The second kappa shape index (κ2) is 4.53. The zero-order chi connectivity index (χ0) is 12.6. The van der Waals surface area contributed by atoms with E-state index >= 15 is 0 Å². The molecule has 1 aliphatic rings. The molecule has 17 heavy (non-hydrogen) atoms. The number of aryl methyl sites for hydroxylation is 1. The van der Waals surface area contributed by atoms with Crippen LogP contribution in [0.2, 0.25) is 0 Å². The quantitative estimate of drug-likeness (QED) is 0.836. The zero-order valence-corrected chi connectivity index (χ0v) is 10.8. The number of nitrogens with two attached hydrogens (primary N) is 1. The molecule has 0 aromatic carbocycles. The molecular weight excluding hydrogens is 214 g/mol. The van der Waals surface area contributed by atoms with E-state index in [9.17, 15) is 4.79 Å². The monoisotopic (exact) mass is 235 g/mol. The van der Waals surface area contributed by atoms with Gasteiger partial charge in [-0.1, -0.05) is 0 Å². The Morgan fingerprint density at radius 1 is 1.53 bits per heavy atom. The fraction of sp³-hybridized carbons (Fsp3) is 0.615. The number of hydrogen-bond acceptors (Lipinski definition) is 2. The first-order chi connectivity index (χ1) is 8.00. The van der Waals surface area contributed by atoms with Crippen LogP contribution in [0.15, 0.2) is 12.1 Å². The van der Waals surface area contributed by atoms with E-state index in [1.807, 2.05) is 42.5 Å². The van der Waals surface area contributed by atoms with Gasteiger partial charge in [-0.3, -0.25) is 4.79 Å². The Hall–Kier alpha value is -1.29. The molecule has 0 aliphatic carbocycles. The lowest BCUT2D eigenvalue weighted by atomic mass is 10.0. The van der Waals surface area contributed by atoms with E-state index in [-0.39, 0.29) is 11.9 Å². The SMILES string of the molecule is Cc1ccc(C(=O)N2CCC(C(C)N)C2)n1C. The van der Waals surface area contributed by atoms with Gasteiger partial charge in [0.25, 0.3) is 5.91 Å². The third kappa shape index (κ3) is 2.22. The van der Waals surface area contributed by atoms with Gasteiger partial charge in [-0.25, -0.2) is 0 Å². The molecule has 2 atom stereocenters. The van der Waals surface area contributed by atoms with Crippen LogP contribution in [-0.4, -0.2) is 34.5 Å². The average molecular weight is 235 g/mol. The molecule has 4 nitrogen and oxygen atoms in total. The highest BCUT2D eigenvalue weighted by Crippen LogP contribution is 2.21. The second-order valence-electron chi connectivity index (χ2n) is 5.08. The van der Waals surface area contributed by atoms with Gasteiger partial charge >= 0.3 is 0 Å². The minimum Gasteiger partial charge on any atom is -0.344 e. The summed E-state index contributed by atoms with van der Waals surface area (Å²) in [6, 6.07) is 4.05. The van der Waals surface area contributed by atoms with Gasteiger partial charge in [-0.15, -0.1) is 0 Å². The molecule has 2 heterocycles. The first-order valence-corrected chi connectivity index (χ1v) is 6.18. The molecule has 1 amide bonds. The summed E-state index contributed by atoms with van der Waals surface area (Å²) in [5.74, 6) is 0.573. The summed E-state index contributed by atoms with van der Waals surface area (Å²) in [6.07, 6.45) is 1.02. The van der Waals surface area contributed by atoms with Crippen molar-refractivity contribution in [3.63, 3.8) is 0 Å². The van der Waals surface area contributed by atoms with Crippen LogP contribution in [0.5, 0.6) is 0 Å². The van der Waals surface area contributed by atoms with E-state index in [0.717, 1.165) is 30.9 Å². The van der Waals surface area contributed by atoms with Crippen LogP contribution < -0.4 is 5.73 Å². The van der Waals surface area contributed by atoms with Crippen molar-refractivity contribution in [3.8, 4) is 0 Å². The number of nitrogens with zero attached hydrogens (tertiary/aromatic N) is 2. The molecule has 1 fully saturated rings. The predicted octanol–water partition coefficient (Wildman–Crippen LogP) is 1.14. The maximum absolute atomic E-state index is 12.3. The second-order valence-corrected chi connectivity index (χ2v) is 5.08. The molecule has 2 N–H and O–H groups in total. The third-order valence-corrected chi connectivity index (χ3v) is 3.85. The first-order valence-electron chi connectivity index (χ1n) is 6.18. The Balaban J connectivity index is 2.10. The highest BCUT2D eigenvalue weighted by Gasteiger charge is 2.29. The summed E-state index contributed by atoms with van der Waals surface area (Å²) >= 11 is 0. The Morgan fingerprint density at radius 3 is 2.71 bits per heavy atom. The number of carbonyl (C=O) groups is 1. The zero-order valence-electron chi connectivity index (χ0n) is 10.8. The lowest BCUT2D eigenvalue weighted by Gasteiger charge is -2.18. The third-order valence-electron chi connectivity index (χ3n) is 3.85. The highest BCUT2D eigenvalue weighted by molar-refractivity contribution is 5.93. The van der Waals surface area contributed by atoms with Crippen molar-refractivity contribution in [2.24, 2.45) is 18.7 Å². The molecule has 0 bridgehead atoms. The molecule has 94 valence electrons. The van der Waals surface area contributed by atoms with Gasteiger partial charge in [0.05, 0.1) is 0 Å². The van der Waals surface area contributed by atoms with E-state index in [4.69, 9.17) is 5.73 Å². The van der Waals surface area contributed by atoms with Crippen LogP contribution in [0, 0.1) is 12.8 Å². The average Bonchev–Trinajstić information content (AvgIpc) is 2.87. The van der Waals surface area contributed by atoms with Crippen molar-refractivity contribution < 1.29 is 4.79 Å². The maximum Gasteiger partial charge on any atom is 0.270 e. The van der Waals surface area contributed by atoms with E-state index < -0.39 is 0 Å². The van der Waals surface area contributed by atoms with Crippen LogP contribution in [0.1, 0.15) is 29.5 Å². The molecule has 2 unspecified atom stereocenters. The Bertz CT molecular complexity index is 422. The summed E-state index contributed by atoms with van der Waals surface area (Å²) in [7, 11) is 1.93. The first kappa shape index (κ1) is 12.2. The molecule has 1 saturated heterocycles. The van der Waals surface area contributed by atoms with E-state index in [1.54, 1.807) is 0 Å². The van der Waals surface area contributed by atoms with Crippen LogP contribution >= 0.6 is 0 Å². The lowest BCUT2D eigenvalue weighted by Crippen LogP contribution is -2.33. The number of amides is 1. The van der Waals surface area contributed by atoms with Gasteiger partial charge in [0.2, 0.25) is 0 Å². The largest absolute Gasteiger partial charge is 0.344 e. The number of aromatic nitrogens is 1. The summed E-state index contributed by atoms with van der Waals surface area (Å²) in [6.45, 7) is 5.65. The minimum atomic E-state index is 0.128. The smallest absolute Gasteiger partial charge is 0.270 e. The van der Waals surface area contributed by atoms with Crippen molar-refractivity contribution >= 4 is 5.91 Å². The molecule has 4 heteroatoms. The molecular formula is C13H21N3O. The number of likely N-dealkylation sites (tertiary alicyclic amines) is 1. The number of hydrogen-bond donors (Lipinski definition) is 1. The maximum atomic E-state index is 12.3. The number of carbonyl (C=O) groups excluding carboxylic acids is 1. The van der Waals surface area contributed by atoms with Crippen molar-refractivity contribution in [2.75, 3.05) is 13.1 Å². The summed E-state index contributed by atoms with van der Waals surface area (Å²) in [5.41, 5.74) is 7.77. The van der Waals surface area contributed by atoms with Crippen molar-refractivity contribution in [3.05, 3.63) is 23.5 Å². The molecule has 1 aromatic heterocycles. The van der Waals surface area contributed by atoms with Gasteiger partial charge in [-0.2, -0.15) is 0 Å². The van der Waals surface area contributed by atoms with E-state index in [0.29, 0.717) is 5.92 Å². The molecule has 0 spiro atoms. The minimum absolute atomic E-state index is 0.128. The number of rotatable bonds is 2. The van der Waals surface area contributed by atoms with Gasteiger partial charge in [0.15, 0.2) is 0 Å². The Kier molecular flexibility index (Phi) is 3.24. The van der Waals surface area contributed by atoms with Gasteiger partial charge in [0, 0.05) is 31.9 Å². The standard InChI is InChI=1S/C13H21N3O/c1-9-4-5-12(15(9)3)13(17)16-7-6-11(8-16)10(2)14/h4-5,10-11H,6-8,14H2,1-3H3. The molecule has 2 rings (SSSR count). The van der Waals surface area contributed by atoms with Crippen LogP contribution in [0.25, 0.3) is 0 Å². The van der Waals surface area contributed by atoms with Gasteiger partial charge in [0.1, 0.15) is 5.69 Å². The Morgan fingerprint density at radius 2 is 2.24 bits per heavy atom. The molecule has 1 aromatic rings. The van der Waals surface area contributed by atoms with Gasteiger partial charge < -0.3 is 15.2 Å². The van der Waals surface area contributed by atoms with Crippen LogP contribution in [-0.2, 0) is 7.05 Å². The fourth-order valence-electron chi connectivity index (χ4n) is 2.39. The summed E-state index contributed by atoms with van der Waals surface area (Å²) < 4.78 is 1.95. The lowest BCUT2D eigenvalue weighted by molar-refractivity contribution is 0.0776. The van der Waals surface area contributed by atoms with E-state index in [1.165, 1.54) is 0 Å². The normalized spacial score (nSPS) is 21.9. The fourth-order valence-corrected chi connectivity index (χ4v) is 2.39.